The molecule has 4 heteroatoms. The van der Waals surface area contributed by atoms with Crippen LogP contribution in [0.15, 0.2) is 18.2 Å². The van der Waals surface area contributed by atoms with Crippen molar-refractivity contribution >= 4 is 22.5 Å². The lowest BCUT2D eigenvalue weighted by molar-refractivity contribution is 0.0731. The van der Waals surface area contributed by atoms with Gasteiger partial charge in [0, 0.05) is 23.4 Å². The Hall–Kier alpha value is -1.32. The number of hydrogen-bond acceptors (Lipinski definition) is 3. The molecule has 100 valence electrons. The number of benzene rings is 1. The Labute approximate surface area is 117 Å². The van der Waals surface area contributed by atoms with Gasteiger partial charge in [0.15, 0.2) is 0 Å². The van der Waals surface area contributed by atoms with Crippen LogP contribution < -0.4 is 10.5 Å². The molecule has 0 fully saturated rings. The molecule has 2 heterocycles. The first-order chi connectivity index (χ1) is 8.85. The van der Waals surface area contributed by atoms with E-state index in [0.29, 0.717) is 5.15 Å². The van der Waals surface area contributed by atoms with E-state index in [2.05, 4.69) is 18.8 Å². The number of halogens is 1. The van der Waals surface area contributed by atoms with Crippen molar-refractivity contribution in [1.29, 1.82) is 0 Å². The Balaban J connectivity index is 2.26. The number of rotatable bonds is 0. The highest BCUT2D eigenvalue weighted by Gasteiger charge is 2.32. The summed E-state index contributed by atoms with van der Waals surface area (Å²) >= 11 is 6.02. The lowest BCUT2D eigenvalue weighted by Crippen LogP contribution is -2.37. The van der Waals surface area contributed by atoms with Gasteiger partial charge < -0.3 is 10.5 Å². The fourth-order valence-corrected chi connectivity index (χ4v) is 3.01. The number of ether oxygens (including phenoxy) is 1. The number of fused-ring (bicyclic) bond motifs is 2. The van der Waals surface area contributed by atoms with E-state index in [9.17, 15) is 0 Å². The highest BCUT2D eigenvalue weighted by atomic mass is 35.5. The quantitative estimate of drug-likeness (QED) is 0.746. The summed E-state index contributed by atoms with van der Waals surface area (Å²) in [5.41, 5.74) is 9.01. The number of aryl methyl sites for hydroxylation is 1. The molecule has 0 radical (unpaired) electrons. The minimum absolute atomic E-state index is 0.0239. The molecule has 1 aliphatic rings. The fraction of sp³-hybridized carbons (Fsp3) is 0.400. The molecule has 1 unspecified atom stereocenters. The summed E-state index contributed by atoms with van der Waals surface area (Å²) in [6, 6.07) is 5.88. The van der Waals surface area contributed by atoms with E-state index in [1.165, 1.54) is 0 Å². The van der Waals surface area contributed by atoms with Gasteiger partial charge in [-0.05, 0) is 44.5 Å². The number of aromatic nitrogens is 1. The average molecular weight is 277 g/mol. The van der Waals surface area contributed by atoms with Gasteiger partial charge >= 0.3 is 0 Å². The second kappa shape index (κ2) is 4.09. The maximum Gasteiger partial charge on any atom is 0.130 e. The van der Waals surface area contributed by atoms with Gasteiger partial charge in [0.1, 0.15) is 16.5 Å². The van der Waals surface area contributed by atoms with Gasteiger partial charge in [0.05, 0.1) is 5.52 Å². The standard InChI is InChI=1S/C15H17ClN2O/c1-8-4-14(16)18-12-5-10-11(17)7-15(2,3)19-13(10)6-9(8)12/h4-6,11H,7,17H2,1-3H3. The van der Waals surface area contributed by atoms with E-state index < -0.39 is 0 Å². The summed E-state index contributed by atoms with van der Waals surface area (Å²) in [5, 5.41) is 1.57. The summed E-state index contributed by atoms with van der Waals surface area (Å²) in [4.78, 5) is 4.37. The molecule has 3 rings (SSSR count). The second-order valence-electron chi connectivity index (χ2n) is 5.84. The molecule has 1 aromatic heterocycles. The van der Waals surface area contributed by atoms with E-state index in [4.69, 9.17) is 22.1 Å². The average Bonchev–Trinajstić information content (AvgIpc) is 2.26. The van der Waals surface area contributed by atoms with Crippen molar-refractivity contribution in [2.75, 3.05) is 0 Å². The molecule has 1 aliphatic heterocycles. The first-order valence-electron chi connectivity index (χ1n) is 6.41. The van der Waals surface area contributed by atoms with Gasteiger partial charge in [-0.2, -0.15) is 0 Å². The van der Waals surface area contributed by atoms with Crippen molar-refractivity contribution in [3.63, 3.8) is 0 Å². The van der Waals surface area contributed by atoms with Crippen LogP contribution in [-0.4, -0.2) is 10.6 Å². The van der Waals surface area contributed by atoms with Crippen molar-refractivity contribution in [3.8, 4) is 5.75 Å². The molecule has 2 aromatic rings. The molecule has 0 bridgehead atoms. The first kappa shape index (κ1) is 12.7. The molecule has 0 spiro atoms. The van der Waals surface area contributed by atoms with Crippen LogP contribution in [0.2, 0.25) is 5.15 Å². The lowest BCUT2D eigenvalue weighted by Gasteiger charge is -2.36. The van der Waals surface area contributed by atoms with Gasteiger partial charge in [-0.1, -0.05) is 11.6 Å². The van der Waals surface area contributed by atoms with Gasteiger partial charge in [-0.25, -0.2) is 4.98 Å². The molecular weight excluding hydrogens is 260 g/mol. The van der Waals surface area contributed by atoms with Crippen LogP contribution in [-0.2, 0) is 0 Å². The van der Waals surface area contributed by atoms with Crippen molar-refractivity contribution in [2.45, 2.75) is 38.8 Å². The van der Waals surface area contributed by atoms with Gasteiger partial charge in [0.25, 0.3) is 0 Å². The molecule has 0 saturated heterocycles. The highest BCUT2D eigenvalue weighted by molar-refractivity contribution is 6.29. The number of nitrogens with zero attached hydrogens (tertiary/aromatic N) is 1. The minimum Gasteiger partial charge on any atom is -0.487 e. The maximum absolute atomic E-state index is 6.25. The number of nitrogens with two attached hydrogens (primary N) is 1. The van der Waals surface area contributed by atoms with Crippen molar-refractivity contribution < 1.29 is 4.74 Å². The summed E-state index contributed by atoms with van der Waals surface area (Å²) in [6.07, 6.45) is 0.797. The Morgan fingerprint density at radius 2 is 2.11 bits per heavy atom. The fourth-order valence-electron chi connectivity index (χ4n) is 2.75. The predicted octanol–water partition coefficient (Wildman–Crippen LogP) is 3.76. The molecule has 3 nitrogen and oxygen atoms in total. The SMILES string of the molecule is Cc1cc(Cl)nc2cc3c(cc12)OC(C)(C)CC3N. The molecule has 0 amide bonds. The summed E-state index contributed by atoms with van der Waals surface area (Å²) in [6.45, 7) is 6.15. The van der Waals surface area contributed by atoms with Crippen molar-refractivity contribution in [3.05, 3.63) is 34.5 Å². The first-order valence-corrected chi connectivity index (χ1v) is 6.79. The van der Waals surface area contributed by atoms with Crippen LogP contribution in [0, 0.1) is 6.92 Å². The van der Waals surface area contributed by atoms with E-state index in [0.717, 1.165) is 34.2 Å². The second-order valence-corrected chi connectivity index (χ2v) is 6.23. The van der Waals surface area contributed by atoms with E-state index in [-0.39, 0.29) is 11.6 Å². The molecule has 0 aliphatic carbocycles. The van der Waals surface area contributed by atoms with E-state index >= 15 is 0 Å². The zero-order chi connectivity index (χ0) is 13.8. The topological polar surface area (TPSA) is 48.1 Å². The van der Waals surface area contributed by atoms with Crippen LogP contribution in [0.1, 0.15) is 37.4 Å². The molecule has 2 N–H and O–H groups in total. The van der Waals surface area contributed by atoms with E-state index in [1.54, 1.807) is 0 Å². The normalized spacial score (nSPS) is 21.0. The largest absolute Gasteiger partial charge is 0.487 e. The number of pyridine rings is 1. The molecule has 1 atom stereocenters. The smallest absolute Gasteiger partial charge is 0.130 e. The maximum atomic E-state index is 6.25. The minimum atomic E-state index is -0.228. The zero-order valence-electron chi connectivity index (χ0n) is 11.3. The van der Waals surface area contributed by atoms with Crippen LogP contribution >= 0.6 is 11.6 Å². The Bertz CT molecular complexity index is 667. The van der Waals surface area contributed by atoms with Crippen LogP contribution in [0.5, 0.6) is 5.75 Å². The monoisotopic (exact) mass is 276 g/mol. The third kappa shape index (κ3) is 2.17. The Morgan fingerprint density at radius 1 is 1.37 bits per heavy atom. The Morgan fingerprint density at radius 3 is 2.84 bits per heavy atom. The van der Waals surface area contributed by atoms with Crippen molar-refractivity contribution in [2.24, 2.45) is 5.73 Å². The van der Waals surface area contributed by atoms with Gasteiger partial charge in [-0.3, -0.25) is 0 Å². The predicted molar refractivity (Wildman–Crippen MR) is 77.7 cm³/mol. The molecule has 19 heavy (non-hydrogen) atoms. The lowest BCUT2D eigenvalue weighted by atomic mass is 9.89. The van der Waals surface area contributed by atoms with Crippen LogP contribution in [0.3, 0.4) is 0 Å². The molecule has 1 aromatic carbocycles. The van der Waals surface area contributed by atoms with Crippen LogP contribution in [0.4, 0.5) is 0 Å². The zero-order valence-corrected chi connectivity index (χ0v) is 12.1. The Kier molecular flexibility index (Phi) is 2.73. The summed E-state index contributed by atoms with van der Waals surface area (Å²) < 4.78 is 6.04. The van der Waals surface area contributed by atoms with E-state index in [1.807, 2.05) is 25.1 Å². The summed E-state index contributed by atoms with van der Waals surface area (Å²) in [5.74, 6) is 0.864. The molecular formula is C15H17ClN2O. The van der Waals surface area contributed by atoms with Gasteiger partial charge in [-0.15, -0.1) is 0 Å². The summed E-state index contributed by atoms with van der Waals surface area (Å²) in [7, 11) is 0. The van der Waals surface area contributed by atoms with Crippen LogP contribution in [0.25, 0.3) is 10.9 Å². The number of hydrogen-bond donors (Lipinski definition) is 1. The third-order valence-electron chi connectivity index (χ3n) is 3.61. The molecule has 0 saturated carbocycles. The third-order valence-corrected chi connectivity index (χ3v) is 3.81. The van der Waals surface area contributed by atoms with Gasteiger partial charge in [0.2, 0.25) is 0 Å². The van der Waals surface area contributed by atoms with Crippen molar-refractivity contribution in [1.82, 2.24) is 4.98 Å². The highest BCUT2D eigenvalue weighted by Crippen LogP contribution is 2.40.